The number of H-pyrrole nitrogens is 1. The molecule has 1 aromatic carbocycles. The number of nitrogen functional groups attached to an aromatic ring is 1. The van der Waals surface area contributed by atoms with Gasteiger partial charge in [-0.2, -0.15) is 0 Å². The van der Waals surface area contributed by atoms with Crippen LogP contribution in [0.4, 0.5) is 5.82 Å². The third-order valence-electron chi connectivity index (χ3n) is 5.70. The Hall–Kier alpha value is -3.04. The predicted octanol–water partition coefficient (Wildman–Crippen LogP) is 0.851. The van der Waals surface area contributed by atoms with Crippen LogP contribution in [0.2, 0.25) is 0 Å². The maximum Gasteiger partial charge on any atom is 0.330 e. The van der Waals surface area contributed by atoms with Crippen LogP contribution in [0.15, 0.2) is 33.9 Å². The van der Waals surface area contributed by atoms with E-state index in [1.165, 1.54) is 7.11 Å². The Labute approximate surface area is 179 Å². The fourth-order valence-corrected chi connectivity index (χ4v) is 3.85. The number of nitrogens with two attached hydrogens (primary N) is 1. The lowest BCUT2D eigenvalue weighted by atomic mass is 9.88. The van der Waals surface area contributed by atoms with Crippen molar-refractivity contribution in [2.75, 3.05) is 39.1 Å². The molecule has 3 N–H and O–H groups in total. The van der Waals surface area contributed by atoms with E-state index in [9.17, 15) is 19.2 Å². The molecular weight excluding hydrogens is 400 g/mol. The van der Waals surface area contributed by atoms with Gasteiger partial charge < -0.3 is 10.5 Å². The molecular formula is C22H28N4O5. The van der Waals surface area contributed by atoms with E-state index >= 15 is 0 Å². The summed E-state index contributed by atoms with van der Waals surface area (Å²) in [5.41, 5.74) is 6.11. The second-order valence-electron chi connectivity index (χ2n) is 7.87. The number of hydrogen-bond acceptors (Lipinski definition) is 7. The van der Waals surface area contributed by atoms with Gasteiger partial charge in [0.1, 0.15) is 11.4 Å². The van der Waals surface area contributed by atoms with Crippen molar-refractivity contribution in [3.63, 3.8) is 0 Å². The van der Waals surface area contributed by atoms with Crippen LogP contribution in [0.1, 0.15) is 39.1 Å². The minimum absolute atomic E-state index is 0.00119. The normalized spacial score (nSPS) is 15.2. The summed E-state index contributed by atoms with van der Waals surface area (Å²) < 4.78 is 6.08. The summed E-state index contributed by atoms with van der Waals surface area (Å²) in [5, 5.41) is 0. The lowest BCUT2D eigenvalue weighted by Gasteiger charge is -2.30. The number of methoxy groups -OCH3 is 1. The number of Topliss-reactive ketones (excluding diaryl/α,β-unsaturated/α-hetero) is 2. The Kier molecular flexibility index (Phi) is 7.19. The lowest BCUT2D eigenvalue weighted by molar-refractivity contribution is 0.0805. The molecule has 9 nitrogen and oxygen atoms in total. The zero-order chi connectivity index (χ0) is 22.5. The molecule has 1 fully saturated rings. The van der Waals surface area contributed by atoms with E-state index in [1.54, 1.807) is 0 Å². The molecule has 0 amide bonds. The number of hydrogen-bond donors (Lipinski definition) is 2. The first-order chi connectivity index (χ1) is 14.8. The number of likely N-dealkylation sites (tertiary alicyclic amines) is 1. The topological polar surface area (TPSA) is 127 Å². The molecule has 1 saturated heterocycles. The Balaban J connectivity index is 1.65. The maximum atomic E-state index is 12.8. The molecule has 0 aliphatic carbocycles. The van der Waals surface area contributed by atoms with Gasteiger partial charge in [-0.3, -0.25) is 28.8 Å². The average Bonchev–Trinajstić information content (AvgIpc) is 2.74. The van der Waals surface area contributed by atoms with E-state index in [-0.39, 0.29) is 42.8 Å². The number of carbonyl (C=O) groups is 2. The number of ether oxygens (including phenoxy) is 1. The third kappa shape index (κ3) is 5.18. The summed E-state index contributed by atoms with van der Waals surface area (Å²) in [4.78, 5) is 53.8. The van der Waals surface area contributed by atoms with Gasteiger partial charge in [0.05, 0.1) is 19.7 Å². The van der Waals surface area contributed by atoms with Gasteiger partial charge in [0.25, 0.3) is 5.56 Å². The smallest absolute Gasteiger partial charge is 0.330 e. The number of benzene rings is 1. The molecule has 0 radical (unpaired) electrons. The maximum absolute atomic E-state index is 12.8. The number of aromatic nitrogens is 2. The zero-order valence-corrected chi connectivity index (χ0v) is 17.8. The Morgan fingerprint density at radius 1 is 1.16 bits per heavy atom. The highest BCUT2D eigenvalue weighted by Crippen LogP contribution is 2.22. The van der Waals surface area contributed by atoms with Crippen molar-refractivity contribution in [1.82, 2.24) is 14.5 Å². The Bertz CT molecular complexity index is 1060. The molecule has 0 bridgehead atoms. The Morgan fingerprint density at radius 2 is 1.81 bits per heavy atom. The SMILES string of the molecule is COCCn1c(N)c(C(=O)CN2CCC(C(=O)c3ccc(C)cc3)CC2)c(=O)[nH]c1=O. The fourth-order valence-electron chi connectivity index (χ4n) is 3.85. The molecule has 1 aliphatic heterocycles. The summed E-state index contributed by atoms with van der Waals surface area (Å²) >= 11 is 0. The highest BCUT2D eigenvalue weighted by atomic mass is 16.5. The van der Waals surface area contributed by atoms with Crippen LogP contribution in [0.25, 0.3) is 0 Å². The summed E-state index contributed by atoms with van der Waals surface area (Å²) in [6.45, 7) is 3.45. The first-order valence-corrected chi connectivity index (χ1v) is 10.3. The molecule has 0 unspecified atom stereocenters. The second-order valence-corrected chi connectivity index (χ2v) is 7.87. The molecule has 2 aromatic rings. The van der Waals surface area contributed by atoms with Crippen LogP contribution in [0, 0.1) is 12.8 Å². The number of carbonyl (C=O) groups excluding carboxylic acids is 2. The lowest BCUT2D eigenvalue weighted by Crippen LogP contribution is -2.42. The summed E-state index contributed by atoms with van der Waals surface area (Å²) in [6, 6.07) is 7.55. The first-order valence-electron chi connectivity index (χ1n) is 10.3. The molecule has 9 heteroatoms. The highest BCUT2D eigenvalue weighted by molar-refractivity contribution is 6.01. The van der Waals surface area contributed by atoms with Crippen molar-refractivity contribution in [1.29, 1.82) is 0 Å². The van der Waals surface area contributed by atoms with Gasteiger partial charge in [0, 0.05) is 18.6 Å². The molecule has 1 aliphatic rings. The molecule has 0 atom stereocenters. The van der Waals surface area contributed by atoms with Crippen LogP contribution < -0.4 is 17.0 Å². The molecule has 3 rings (SSSR count). The number of aryl methyl sites for hydroxylation is 1. The predicted molar refractivity (Wildman–Crippen MR) is 117 cm³/mol. The van der Waals surface area contributed by atoms with E-state index in [4.69, 9.17) is 10.5 Å². The highest BCUT2D eigenvalue weighted by Gasteiger charge is 2.28. The van der Waals surface area contributed by atoms with Crippen molar-refractivity contribution in [2.45, 2.75) is 26.3 Å². The number of anilines is 1. The van der Waals surface area contributed by atoms with Crippen LogP contribution in [0.5, 0.6) is 0 Å². The average molecular weight is 428 g/mol. The van der Waals surface area contributed by atoms with Gasteiger partial charge in [-0.1, -0.05) is 29.8 Å². The summed E-state index contributed by atoms with van der Waals surface area (Å²) in [5.74, 6) is -0.566. The van der Waals surface area contributed by atoms with Crippen molar-refractivity contribution in [3.05, 3.63) is 61.8 Å². The van der Waals surface area contributed by atoms with Crippen molar-refractivity contribution in [3.8, 4) is 0 Å². The van der Waals surface area contributed by atoms with Crippen molar-refractivity contribution >= 4 is 17.4 Å². The van der Waals surface area contributed by atoms with Gasteiger partial charge in [0.2, 0.25) is 0 Å². The number of ketones is 2. The molecule has 2 heterocycles. The molecule has 1 aromatic heterocycles. The third-order valence-corrected chi connectivity index (χ3v) is 5.70. The van der Waals surface area contributed by atoms with E-state index in [2.05, 4.69) is 4.98 Å². The number of piperidine rings is 1. The monoisotopic (exact) mass is 428 g/mol. The molecule has 166 valence electrons. The number of nitrogens with one attached hydrogen (secondary N) is 1. The van der Waals surface area contributed by atoms with Crippen LogP contribution in [0.3, 0.4) is 0 Å². The minimum Gasteiger partial charge on any atom is -0.384 e. The van der Waals surface area contributed by atoms with E-state index in [0.717, 1.165) is 10.1 Å². The van der Waals surface area contributed by atoms with E-state index in [1.807, 2.05) is 36.1 Å². The molecule has 0 spiro atoms. The van der Waals surface area contributed by atoms with E-state index in [0.29, 0.717) is 31.5 Å². The van der Waals surface area contributed by atoms with Gasteiger partial charge in [-0.05, 0) is 32.9 Å². The van der Waals surface area contributed by atoms with Crippen molar-refractivity contribution < 1.29 is 14.3 Å². The quantitative estimate of drug-likeness (QED) is 0.597. The van der Waals surface area contributed by atoms with Crippen molar-refractivity contribution in [2.24, 2.45) is 5.92 Å². The standard InChI is InChI=1S/C22H28N4O5/c1-14-3-5-15(6-4-14)19(28)16-7-9-25(10-8-16)13-17(27)18-20(23)26(11-12-31-2)22(30)24-21(18)29/h3-6,16H,7-13,23H2,1-2H3,(H,24,29,30). The van der Waals surface area contributed by atoms with Crippen LogP contribution in [-0.2, 0) is 11.3 Å². The zero-order valence-electron chi connectivity index (χ0n) is 17.8. The van der Waals surface area contributed by atoms with Gasteiger partial charge >= 0.3 is 5.69 Å². The van der Waals surface area contributed by atoms with Gasteiger partial charge in [-0.15, -0.1) is 0 Å². The summed E-state index contributed by atoms with van der Waals surface area (Å²) in [7, 11) is 1.48. The first kappa shape index (κ1) is 22.6. The van der Waals surface area contributed by atoms with Crippen LogP contribution in [-0.4, -0.2) is 59.4 Å². The fraction of sp³-hybridized carbons (Fsp3) is 0.455. The van der Waals surface area contributed by atoms with Gasteiger partial charge in [0.15, 0.2) is 11.6 Å². The molecule has 31 heavy (non-hydrogen) atoms. The van der Waals surface area contributed by atoms with Crippen LogP contribution >= 0.6 is 0 Å². The summed E-state index contributed by atoms with van der Waals surface area (Å²) in [6.07, 6.45) is 1.28. The second kappa shape index (κ2) is 9.84. The van der Waals surface area contributed by atoms with E-state index < -0.39 is 17.0 Å². The number of rotatable bonds is 8. The number of aromatic amines is 1. The number of nitrogens with zero attached hydrogens (tertiary/aromatic N) is 2. The molecule has 0 saturated carbocycles. The van der Waals surface area contributed by atoms with Gasteiger partial charge in [-0.25, -0.2) is 4.79 Å². The minimum atomic E-state index is -0.786. The largest absolute Gasteiger partial charge is 0.384 e. The Morgan fingerprint density at radius 3 is 2.42 bits per heavy atom.